The average Bonchev–Trinajstić information content (AvgIpc) is 3.21. The van der Waals surface area contributed by atoms with E-state index in [1.807, 2.05) is 24.5 Å². The smallest absolute Gasteiger partial charge is 0.251 e. The standard InChI is InChI=1S/C25H20Cl2N2O2/c26-22-3-1-16(11-23(22)27)15-29-8-5-18(13-25(29)30)20-2-4-24-21(20)12-19(14-28-24)17-6-9-31-10-7-17/h1-3,5-6,8,11-14H,4,7,9-10,15H2. The van der Waals surface area contributed by atoms with Gasteiger partial charge in [-0.15, -0.1) is 0 Å². The number of rotatable bonds is 4. The minimum absolute atomic E-state index is 0.0610. The third kappa shape index (κ3) is 4.11. The summed E-state index contributed by atoms with van der Waals surface area (Å²) in [7, 11) is 0. The quantitative estimate of drug-likeness (QED) is 0.534. The summed E-state index contributed by atoms with van der Waals surface area (Å²) in [6, 6.07) is 11.3. The Morgan fingerprint density at radius 2 is 1.94 bits per heavy atom. The predicted molar refractivity (Wildman–Crippen MR) is 125 cm³/mol. The van der Waals surface area contributed by atoms with Crippen LogP contribution in [0.3, 0.4) is 0 Å². The molecule has 0 N–H and O–H groups in total. The molecule has 2 aliphatic rings. The van der Waals surface area contributed by atoms with Crippen LogP contribution in [-0.4, -0.2) is 22.8 Å². The van der Waals surface area contributed by atoms with Crippen molar-refractivity contribution in [3.63, 3.8) is 0 Å². The highest BCUT2D eigenvalue weighted by molar-refractivity contribution is 6.42. The van der Waals surface area contributed by atoms with E-state index in [-0.39, 0.29) is 5.56 Å². The fourth-order valence-electron chi connectivity index (χ4n) is 4.08. The highest BCUT2D eigenvalue weighted by atomic mass is 35.5. The van der Waals surface area contributed by atoms with Crippen molar-refractivity contribution < 1.29 is 4.74 Å². The van der Waals surface area contributed by atoms with Crippen LogP contribution in [0.4, 0.5) is 0 Å². The molecule has 1 aliphatic carbocycles. The number of allylic oxidation sites excluding steroid dienone is 1. The van der Waals surface area contributed by atoms with Crippen molar-refractivity contribution in [2.24, 2.45) is 0 Å². The molecule has 3 heterocycles. The van der Waals surface area contributed by atoms with Crippen molar-refractivity contribution in [2.75, 3.05) is 13.2 Å². The molecule has 3 aromatic rings. The van der Waals surface area contributed by atoms with Crippen molar-refractivity contribution in [1.29, 1.82) is 0 Å². The molecule has 31 heavy (non-hydrogen) atoms. The van der Waals surface area contributed by atoms with Crippen molar-refractivity contribution in [3.05, 3.63) is 109 Å². The van der Waals surface area contributed by atoms with Crippen LogP contribution in [0.5, 0.6) is 0 Å². The largest absolute Gasteiger partial charge is 0.377 e. The maximum Gasteiger partial charge on any atom is 0.251 e. The summed E-state index contributed by atoms with van der Waals surface area (Å²) >= 11 is 12.1. The van der Waals surface area contributed by atoms with E-state index in [4.69, 9.17) is 27.9 Å². The van der Waals surface area contributed by atoms with E-state index in [1.165, 1.54) is 5.57 Å². The monoisotopic (exact) mass is 450 g/mol. The first-order chi connectivity index (χ1) is 15.1. The van der Waals surface area contributed by atoms with Gasteiger partial charge >= 0.3 is 0 Å². The van der Waals surface area contributed by atoms with E-state index in [9.17, 15) is 4.79 Å². The number of benzene rings is 1. The van der Waals surface area contributed by atoms with Gasteiger partial charge in [0.15, 0.2) is 0 Å². The Morgan fingerprint density at radius 1 is 1.03 bits per heavy atom. The van der Waals surface area contributed by atoms with Crippen LogP contribution in [-0.2, 0) is 17.7 Å². The van der Waals surface area contributed by atoms with E-state index in [2.05, 4.69) is 23.2 Å². The first kappa shape index (κ1) is 20.3. The maximum absolute atomic E-state index is 12.8. The first-order valence-electron chi connectivity index (χ1n) is 10.2. The number of pyridine rings is 2. The lowest BCUT2D eigenvalue weighted by Gasteiger charge is -2.15. The van der Waals surface area contributed by atoms with Gasteiger partial charge in [0.2, 0.25) is 0 Å². The summed E-state index contributed by atoms with van der Waals surface area (Å²) < 4.78 is 7.09. The molecule has 1 aliphatic heterocycles. The lowest BCUT2D eigenvalue weighted by molar-refractivity contribution is 0.161. The normalized spacial score (nSPS) is 15.4. The van der Waals surface area contributed by atoms with Gasteiger partial charge in [0.05, 0.1) is 35.5 Å². The molecule has 156 valence electrons. The summed E-state index contributed by atoms with van der Waals surface area (Å²) in [5.74, 6) is 0. The molecule has 0 saturated heterocycles. The summed E-state index contributed by atoms with van der Waals surface area (Å²) in [5.41, 5.74) is 7.39. The van der Waals surface area contributed by atoms with Crippen molar-refractivity contribution in [3.8, 4) is 0 Å². The second-order valence-electron chi connectivity index (χ2n) is 7.72. The fourth-order valence-corrected chi connectivity index (χ4v) is 4.40. The fraction of sp³-hybridized carbons (Fsp3) is 0.200. The van der Waals surface area contributed by atoms with E-state index in [1.54, 1.807) is 22.8 Å². The third-order valence-corrected chi connectivity index (χ3v) is 6.48. The van der Waals surface area contributed by atoms with Crippen molar-refractivity contribution >= 4 is 34.3 Å². The highest BCUT2D eigenvalue weighted by Crippen LogP contribution is 2.34. The molecule has 2 aromatic heterocycles. The number of halogens is 2. The molecule has 0 unspecified atom stereocenters. The number of hydrogen-bond donors (Lipinski definition) is 0. The Kier molecular flexibility index (Phi) is 5.53. The number of fused-ring (bicyclic) bond motifs is 1. The molecule has 0 bridgehead atoms. The van der Waals surface area contributed by atoms with Crippen LogP contribution in [0.2, 0.25) is 10.0 Å². The van der Waals surface area contributed by atoms with Crippen LogP contribution >= 0.6 is 23.2 Å². The summed E-state index contributed by atoms with van der Waals surface area (Å²) in [5, 5.41) is 0.990. The number of hydrogen-bond acceptors (Lipinski definition) is 3. The van der Waals surface area contributed by atoms with Gasteiger partial charge in [0, 0.05) is 30.4 Å². The topological polar surface area (TPSA) is 44.1 Å². The Balaban J connectivity index is 1.43. The summed E-state index contributed by atoms with van der Waals surface area (Å²) in [6.07, 6.45) is 9.72. The highest BCUT2D eigenvalue weighted by Gasteiger charge is 2.19. The van der Waals surface area contributed by atoms with Gasteiger partial charge in [-0.1, -0.05) is 41.4 Å². The lowest BCUT2D eigenvalue weighted by Crippen LogP contribution is -2.19. The Hall–Kier alpha value is -2.66. The molecule has 6 heteroatoms. The van der Waals surface area contributed by atoms with Gasteiger partial charge in [-0.05, 0) is 58.5 Å². The zero-order valence-corrected chi connectivity index (χ0v) is 18.3. The molecule has 4 nitrogen and oxygen atoms in total. The van der Waals surface area contributed by atoms with E-state index >= 15 is 0 Å². The van der Waals surface area contributed by atoms with E-state index in [0.29, 0.717) is 23.2 Å². The van der Waals surface area contributed by atoms with Crippen molar-refractivity contribution in [1.82, 2.24) is 9.55 Å². The predicted octanol–water partition coefficient (Wildman–Crippen LogP) is 5.39. The van der Waals surface area contributed by atoms with Gasteiger partial charge in [-0.25, -0.2) is 0 Å². The molecule has 0 radical (unpaired) electrons. The summed E-state index contributed by atoms with van der Waals surface area (Å²) in [6.45, 7) is 1.82. The number of ether oxygens (including phenoxy) is 1. The minimum Gasteiger partial charge on any atom is -0.377 e. The third-order valence-electron chi connectivity index (χ3n) is 5.74. The Bertz CT molecular complexity index is 1290. The second-order valence-corrected chi connectivity index (χ2v) is 8.54. The second kappa shape index (κ2) is 8.46. The van der Waals surface area contributed by atoms with Gasteiger partial charge in [-0.3, -0.25) is 9.78 Å². The lowest BCUT2D eigenvalue weighted by atomic mass is 9.97. The molecule has 0 atom stereocenters. The van der Waals surface area contributed by atoms with Crippen LogP contribution in [0, 0.1) is 0 Å². The van der Waals surface area contributed by atoms with E-state index < -0.39 is 0 Å². The molecular formula is C25H20Cl2N2O2. The van der Waals surface area contributed by atoms with Crippen LogP contribution in [0.25, 0.3) is 11.1 Å². The molecule has 0 saturated carbocycles. The van der Waals surface area contributed by atoms with Crippen LogP contribution in [0.15, 0.2) is 65.7 Å². The Morgan fingerprint density at radius 3 is 2.71 bits per heavy atom. The maximum atomic E-state index is 12.8. The van der Waals surface area contributed by atoms with E-state index in [0.717, 1.165) is 53.0 Å². The molecular weight excluding hydrogens is 431 g/mol. The Labute approximate surface area is 190 Å². The van der Waals surface area contributed by atoms with Crippen LogP contribution in [0.1, 0.15) is 34.4 Å². The van der Waals surface area contributed by atoms with Crippen LogP contribution < -0.4 is 5.56 Å². The molecule has 0 spiro atoms. The molecule has 1 aromatic carbocycles. The van der Waals surface area contributed by atoms with Gasteiger partial charge in [0.25, 0.3) is 5.56 Å². The number of aromatic nitrogens is 2. The van der Waals surface area contributed by atoms with Gasteiger partial charge < -0.3 is 9.30 Å². The molecule has 0 fully saturated rings. The first-order valence-corrected chi connectivity index (χ1v) is 11.0. The zero-order chi connectivity index (χ0) is 21.4. The molecule has 5 rings (SSSR count). The van der Waals surface area contributed by atoms with Gasteiger partial charge in [-0.2, -0.15) is 0 Å². The molecule has 0 amide bonds. The van der Waals surface area contributed by atoms with Gasteiger partial charge in [0.1, 0.15) is 0 Å². The van der Waals surface area contributed by atoms with Crippen molar-refractivity contribution in [2.45, 2.75) is 19.4 Å². The number of nitrogens with zero attached hydrogens (tertiary/aromatic N) is 2. The SMILES string of the molecule is O=c1cc(C2=CCc3ncc(C4=CCOCC4)cc32)ccn1Cc1ccc(Cl)c(Cl)c1. The summed E-state index contributed by atoms with van der Waals surface area (Å²) in [4.78, 5) is 17.5. The average molecular weight is 451 g/mol. The minimum atomic E-state index is -0.0610. The zero-order valence-electron chi connectivity index (χ0n) is 16.8.